The molecule has 27 heavy (non-hydrogen) atoms. The topological polar surface area (TPSA) is 57.0 Å². The summed E-state index contributed by atoms with van der Waals surface area (Å²) < 4.78 is 42.0. The summed E-state index contributed by atoms with van der Waals surface area (Å²) in [6, 6.07) is 10.2. The molecule has 2 aromatic rings. The van der Waals surface area contributed by atoms with Crippen LogP contribution in [0.25, 0.3) is 0 Å². The first-order valence-electron chi connectivity index (χ1n) is 8.13. The zero-order valence-electron chi connectivity index (χ0n) is 14.9. The van der Waals surface area contributed by atoms with E-state index < -0.39 is 28.8 Å². The summed E-state index contributed by atoms with van der Waals surface area (Å²) in [5.74, 6) is -0.915. The maximum absolute atomic E-state index is 14.0. The number of rotatable bonds is 3. The summed E-state index contributed by atoms with van der Waals surface area (Å²) in [7, 11) is 0. The minimum Gasteiger partial charge on any atom is -0.319 e. The number of thiazole rings is 1. The van der Waals surface area contributed by atoms with Gasteiger partial charge in [-0.25, -0.2) is 4.98 Å². The molecule has 0 saturated heterocycles. The van der Waals surface area contributed by atoms with Crippen LogP contribution in [0.5, 0.6) is 0 Å². The lowest BCUT2D eigenvalue weighted by Gasteiger charge is -2.38. The van der Waals surface area contributed by atoms with Crippen LogP contribution in [0.2, 0.25) is 0 Å². The SMILES string of the molecule is Cc1nc(C)c(C2(C)C(C(F)(F)F)=C(C#N)C(=O)N2Cc2ccccc2)s1. The first-order chi connectivity index (χ1) is 12.6. The molecule has 1 unspecified atom stereocenters. The number of amides is 1. The minimum absolute atomic E-state index is 0.0443. The predicted octanol–water partition coefficient (Wildman–Crippen LogP) is 4.40. The molecule has 0 saturated carbocycles. The van der Waals surface area contributed by atoms with Crippen LogP contribution >= 0.6 is 11.3 Å². The lowest BCUT2D eigenvalue weighted by molar-refractivity contribution is -0.132. The molecule has 0 aliphatic carbocycles. The number of halogens is 3. The van der Waals surface area contributed by atoms with Gasteiger partial charge in [0.1, 0.15) is 17.2 Å². The molecule has 140 valence electrons. The van der Waals surface area contributed by atoms with Crippen LogP contribution in [0.1, 0.15) is 28.1 Å². The van der Waals surface area contributed by atoms with Gasteiger partial charge in [0.05, 0.1) is 21.2 Å². The molecule has 4 nitrogen and oxygen atoms in total. The number of benzene rings is 1. The fraction of sp³-hybridized carbons (Fsp3) is 0.316. The Morgan fingerprint density at radius 3 is 2.37 bits per heavy atom. The predicted molar refractivity (Wildman–Crippen MR) is 94.6 cm³/mol. The molecule has 1 amide bonds. The van der Waals surface area contributed by atoms with Crippen molar-refractivity contribution in [3.63, 3.8) is 0 Å². The number of hydrogen-bond acceptors (Lipinski definition) is 4. The van der Waals surface area contributed by atoms with Crippen molar-refractivity contribution >= 4 is 17.2 Å². The Balaban J connectivity index is 2.26. The first-order valence-corrected chi connectivity index (χ1v) is 8.94. The highest BCUT2D eigenvalue weighted by molar-refractivity contribution is 7.11. The third-order valence-corrected chi connectivity index (χ3v) is 5.94. The van der Waals surface area contributed by atoms with E-state index in [0.29, 0.717) is 21.1 Å². The van der Waals surface area contributed by atoms with E-state index in [-0.39, 0.29) is 6.54 Å². The molecule has 8 heteroatoms. The molecule has 1 aliphatic rings. The van der Waals surface area contributed by atoms with Crippen molar-refractivity contribution in [1.29, 1.82) is 5.26 Å². The van der Waals surface area contributed by atoms with Crippen LogP contribution in [0.3, 0.4) is 0 Å². The monoisotopic (exact) mass is 391 g/mol. The molecule has 1 aromatic carbocycles. The number of hydrogen-bond donors (Lipinski definition) is 0. The second kappa shape index (κ2) is 6.50. The van der Waals surface area contributed by atoms with E-state index in [9.17, 15) is 23.2 Å². The lowest BCUT2D eigenvalue weighted by Crippen LogP contribution is -2.45. The smallest absolute Gasteiger partial charge is 0.319 e. The third kappa shape index (κ3) is 3.02. The average Bonchev–Trinajstić information content (AvgIpc) is 3.04. The Morgan fingerprint density at radius 2 is 1.89 bits per heavy atom. The first kappa shape index (κ1) is 19.1. The van der Waals surface area contributed by atoms with Crippen LogP contribution < -0.4 is 0 Å². The van der Waals surface area contributed by atoms with Crippen molar-refractivity contribution in [2.45, 2.75) is 39.0 Å². The summed E-state index contributed by atoms with van der Waals surface area (Å²) in [6.45, 7) is 4.62. The van der Waals surface area contributed by atoms with Gasteiger partial charge in [0.25, 0.3) is 5.91 Å². The highest BCUT2D eigenvalue weighted by Gasteiger charge is 2.60. The Morgan fingerprint density at radius 1 is 1.26 bits per heavy atom. The van der Waals surface area contributed by atoms with Gasteiger partial charge in [-0.1, -0.05) is 30.3 Å². The molecule has 0 radical (unpaired) electrons. The Hall–Kier alpha value is -2.66. The van der Waals surface area contributed by atoms with E-state index in [0.717, 1.165) is 16.2 Å². The number of nitriles is 1. The lowest BCUT2D eigenvalue weighted by atomic mass is 9.87. The van der Waals surface area contributed by atoms with Crippen molar-refractivity contribution in [2.24, 2.45) is 0 Å². The Bertz CT molecular complexity index is 972. The number of aryl methyl sites for hydroxylation is 2. The highest BCUT2D eigenvalue weighted by atomic mass is 32.1. The summed E-state index contributed by atoms with van der Waals surface area (Å²) in [5, 5.41) is 9.94. The molecule has 1 aliphatic heterocycles. The summed E-state index contributed by atoms with van der Waals surface area (Å²) in [6.07, 6.45) is -4.83. The fourth-order valence-corrected chi connectivity index (χ4v) is 4.64. The minimum atomic E-state index is -4.83. The molecule has 0 bridgehead atoms. The standard InChI is InChI=1S/C19H16F3N3OS/c1-11-16(27-12(2)24-11)18(3)15(19(20,21)22)14(9-23)17(26)25(18)10-13-7-5-4-6-8-13/h4-8H,10H2,1-3H3. The van der Waals surface area contributed by atoms with Crippen molar-refractivity contribution in [1.82, 2.24) is 9.88 Å². The molecule has 2 heterocycles. The van der Waals surface area contributed by atoms with E-state index >= 15 is 0 Å². The van der Waals surface area contributed by atoms with Crippen molar-refractivity contribution in [3.8, 4) is 6.07 Å². The third-order valence-electron chi connectivity index (χ3n) is 4.66. The summed E-state index contributed by atoms with van der Waals surface area (Å²) in [5.41, 5.74) is -2.69. The van der Waals surface area contributed by atoms with Crippen LogP contribution in [0, 0.1) is 25.2 Å². The van der Waals surface area contributed by atoms with Crippen LogP contribution in [-0.4, -0.2) is 22.0 Å². The van der Waals surface area contributed by atoms with E-state index in [1.54, 1.807) is 44.2 Å². The van der Waals surface area contributed by atoms with Gasteiger partial charge >= 0.3 is 6.18 Å². The molecule has 1 aromatic heterocycles. The van der Waals surface area contributed by atoms with Gasteiger partial charge in [0.2, 0.25) is 0 Å². The number of nitrogens with zero attached hydrogens (tertiary/aromatic N) is 3. The van der Waals surface area contributed by atoms with E-state index in [2.05, 4.69) is 4.98 Å². The zero-order valence-corrected chi connectivity index (χ0v) is 15.7. The van der Waals surface area contributed by atoms with Crippen LogP contribution in [-0.2, 0) is 16.9 Å². The summed E-state index contributed by atoms with van der Waals surface area (Å²) >= 11 is 1.11. The number of alkyl halides is 3. The molecule has 3 rings (SSSR count). The molecular weight excluding hydrogens is 375 g/mol. The van der Waals surface area contributed by atoms with Gasteiger partial charge in [0, 0.05) is 6.54 Å². The van der Waals surface area contributed by atoms with Crippen LogP contribution in [0.15, 0.2) is 41.5 Å². The fourth-order valence-electron chi connectivity index (χ4n) is 3.56. The maximum atomic E-state index is 14.0. The maximum Gasteiger partial charge on any atom is 0.416 e. The van der Waals surface area contributed by atoms with Crippen molar-refractivity contribution < 1.29 is 18.0 Å². The van der Waals surface area contributed by atoms with Gasteiger partial charge in [-0.3, -0.25) is 4.79 Å². The Labute approximate surface area is 158 Å². The largest absolute Gasteiger partial charge is 0.416 e. The van der Waals surface area contributed by atoms with Crippen LogP contribution in [0.4, 0.5) is 13.2 Å². The van der Waals surface area contributed by atoms with Crippen molar-refractivity contribution in [2.75, 3.05) is 0 Å². The van der Waals surface area contributed by atoms with E-state index in [1.807, 2.05) is 0 Å². The van der Waals surface area contributed by atoms with Gasteiger partial charge in [-0.05, 0) is 26.3 Å². The van der Waals surface area contributed by atoms with Crippen molar-refractivity contribution in [3.05, 3.63) is 62.6 Å². The van der Waals surface area contributed by atoms with E-state index in [1.165, 1.54) is 13.0 Å². The molecule has 1 atom stereocenters. The molecular formula is C19H16F3N3OS. The second-order valence-electron chi connectivity index (χ2n) is 6.46. The van der Waals surface area contributed by atoms with E-state index in [4.69, 9.17) is 0 Å². The zero-order chi connectivity index (χ0) is 20.0. The number of carbonyl (C=O) groups is 1. The highest BCUT2D eigenvalue weighted by Crippen LogP contribution is 2.53. The van der Waals surface area contributed by atoms with Gasteiger partial charge in [-0.15, -0.1) is 11.3 Å². The molecule has 0 spiro atoms. The normalized spacial score (nSPS) is 20.3. The second-order valence-corrected chi connectivity index (χ2v) is 7.66. The Kier molecular flexibility index (Phi) is 4.60. The molecule has 0 N–H and O–H groups in total. The quantitative estimate of drug-likeness (QED) is 0.779. The van der Waals surface area contributed by atoms with Gasteiger partial charge in [-0.2, -0.15) is 18.4 Å². The average molecular weight is 391 g/mol. The number of carbonyl (C=O) groups excluding carboxylic acids is 1. The number of aromatic nitrogens is 1. The summed E-state index contributed by atoms with van der Waals surface area (Å²) in [4.78, 5) is 18.5. The van der Waals surface area contributed by atoms with Gasteiger partial charge in [0.15, 0.2) is 0 Å². The molecule has 0 fully saturated rings. The van der Waals surface area contributed by atoms with Gasteiger partial charge < -0.3 is 4.90 Å².